The van der Waals surface area contributed by atoms with Gasteiger partial charge in [0.25, 0.3) is 0 Å². The summed E-state index contributed by atoms with van der Waals surface area (Å²) in [6.07, 6.45) is 4.25. The van der Waals surface area contributed by atoms with E-state index in [9.17, 15) is 0 Å². The highest BCUT2D eigenvalue weighted by Crippen LogP contribution is 2.16. The van der Waals surface area contributed by atoms with Crippen LogP contribution in [0, 0.1) is 0 Å². The zero-order valence-electron chi connectivity index (χ0n) is 10.2. The van der Waals surface area contributed by atoms with Crippen LogP contribution >= 0.6 is 0 Å². The van der Waals surface area contributed by atoms with Crippen molar-refractivity contribution in [2.24, 2.45) is 5.73 Å². The first-order valence-electron chi connectivity index (χ1n) is 5.46. The maximum atomic E-state index is 5.61. The highest BCUT2D eigenvalue weighted by Gasteiger charge is 2.11. The second-order valence-electron chi connectivity index (χ2n) is 4.53. The minimum absolute atomic E-state index is 0.224. The Hall–Kier alpha value is -1.36. The third kappa shape index (κ3) is 4.93. The van der Waals surface area contributed by atoms with Crippen molar-refractivity contribution in [1.29, 1.82) is 0 Å². The lowest BCUT2D eigenvalue weighted by molar-refractivity contribution is 0.130. The van der Waals surface area contributed by atoms with Gasteiger partial charge in [0.2, 0.25) is 5.95 Å². The number of ether oxygens (including phenoxy) is 1. The van der Waals surface area contributed by atoms with Crippen LogP contribution in [0.5, 0.6) is 5.75 Å². The van der Waals surface area contributed by atoms with E-state index in [1.807, 2.05) is 20.8 Å². The molecule has 1 heterocycles. The average molecular weight is 224 g/mol. The van der Waals surface area contributed by atoms with Gasteiger partial charge in [-0.15, -0.1) is 0 Å². The van der Waals surface area contributed by atoms with E-state index in [0.29, 0.717) is 18.2 Å². The summed E-state index contributed by atoms with van der Waals surface area (Å²) in [7, 11) is 0. The molecule has 0 aromatic carbocycles. The fourth-order valence-corrected chi connectivity index (χ4v) is 1.12. The third-order valence-corrected chi connectivity index (χ3v) is 1.72. The third-order valence-electron chi connectivity index (χ3n) is 1.72. The Morgan fingerprint density at radius 1 is 1.31 bits per heavy atom. The number of rotatable bonds is 5. The van der Waals surface area contributed by atoms with E-state index in [0.717, 1.165) is 13.0 Å². The van der Waals surface area contributed by atoms with Gasteiger partial charge in [0.05, 0.1) is 12.4 Å². The van der Waals surface area contributed by atoms with Crippen LogP contribution in [-0.2, 0) is 0 Å². The fraction of sp³-hybridized carbons (Fsp3) is 0.636. The molecule has 0 aliphatic heterocycles. The van der Waals surface area contributed by atoms with Crippen LogP contribution < -0.4 is 15.8 Å². The largest absolute Gasteiger partial charge is 0.485 e. The summed E-state index contributed by atoms with van der Waals surface area (Å²) in [5.41, 5.74) is 5.16. The summed E-state index contributed by atoms with van der Waals surface area (Å²) < 4.78 is 5.61. The summed E-state index contributed by atoms with van der Waals surface area (Å²) in [6.45, 7) is 7.41. The van der Waals surface area contributed by atoms with Crippen LogP contribution in [-0.4, -0.2) is 28.7 Å². The molecule has 0 amide bonds. The van der Waals surface area contributed by atoms with Gasteiger partial charge in [-0.1, -0.05) is 0 Å². The number of nitrogens with zero attached hydrogens (tertiary/aromatic N) is 2. The van der Waals surface area contributed by atoms with Gasteiger partial charge in [-0.05, 0) is 33.7 Å². The lowest BCUT2D eigenvalue weighted by Gasteiger charge is -2.20. The second-order valence-corrected chi connectivity index (χ2v) is 4.53. The maximum absolute atomic E-state index is 5.61. The number of nitrogens with one attached hydrogen (secondary N) is 1. The van der Waals surface area contributed by atoms with Crippen molar-refractivity contribution in [2.75, 3.05) is 18.4 Å². The molecule has 1 rings (SSSR count). The van der Waals surface area contributed by atoms with E-state index >= 15 is 0 Å². The number of hydrogen-bond acceptors (Lipinski definition) is 5. The van der Waals surface area contributed by atoms with Crippen LogP contribution in [0.4, 0.5) is 5.95 Å². The van der Waals surface area contributed by atoms with E-state index in [-0.39, 0.29) is 5.60 Å². The van der Waals surface area contributed by atoms with Gasteiger partial charge in [-0.2, -0.15) is 0 Å². The van der Waals surface area contributed by atoms with Crippen molar-refractivity contribution in [1.82, 2.24) is 9.97 Å². The van der Waals surface area contributed by atoms with E-state index in [2.05, 4.69) is 15.3 Å². The number of hydrogen-bond donors (Lipinski definition) is 2. The Morgan fingerprint density at radius 2 is 1.94 bits per heavy atom. The molecule has 0 bridgehead atoms. The molecule has 1 aromatic rings. The van der Waals surface area contributed by atoms with Gasteiger partial charge >= 0.3 is 0 Å². The molecule has 1 aromatic heterocycles. The van der Waals surface area contributed by atoms with Gasteiger partial charge in [0, 0.05) is 6.54 Å². The SMILES string of the molecule is CC(C)(C)Oc1cnc(NCCCN)nc1. The van der Waals surface area contributed by atoms with Crippen LogP contribution in [0.3, 0.4) is 0 Å². The van der Waals surface area contributed by atoms with E-state index in [1.54, 1.807) is 12.4 Å². The van der Waals surface area contributed by atoms with Crippen molar-refractivity contribution in [3.63, 3.8) is 0 Å². The Kier molecular flexibility index (Phi) is 4.49. The lowest BCUT2D eigenvalue weighted by atomic mass is 10.2. The molecule has 5 heteroatoms. The topological polar surface area (TPSA) is 73.1 Å². The number of nitrogens with two attached hydrogens (primary N) is 1. The summed E-state index contributed by atoms with van der Waals surface area (Å²) in [5.74, 6) is 1.28. The molecule has 5 nitrogen and oxygen atoms in total. The second kappa shape index (κ2) is 5.65. The van der Waals surface area contributed by atoms with E-state index in [1.165, 1.54) is 0 Å². The molecule has 0 saturated carbocycles. The van der Waals surface area contributed by atoms with Gasteiger partial charge in [0.1, 0.15) is 5.60 Å². The Bertz CT molecular complexity index is 305. The highest BCUT2D eigenvalue weighted by atomic mass is 16.5. The monoisotopic (exact) mass is 224 g/mol. The zero-order chi connectivity index (χ0) is 12.0. The Balaban J connectivity index is 2.48. The summed E-state index contributed by atoms with van der Waals surface area (Å²) in [6, 6.07) is 0. The lowest BCUT2D eigenvalue weighted by Crippen LogP contribution is -2.23. The van der Waals surface area contributed by atoms with Crippen LogP contribution in [0.1, 0.15) is 27.2 Å². The summed E-state index contributed by atoms with van der Waals surface area (Å²) in [5, 5.41) is 3.08. The Labute approximate surface area is 96.4 Å². The smallest absolute Gasteiger partial charge is 0.222 e. The van der Waals surface area contributed by atoms with Crippen molar-refractivity contribution in [2.45, 2.75) is 32.8 Å². The molecule has 3 N–H and O–H groups in total. The van der Waals surface area contributed by atoms with Crippen LogP contribution in [0.25, 0.3) is 0 Å². The number of aromatic nitrogens is 2. The van der Waals surface area contributed by atoms with E-state index in [4.69, 9.17) is 10.5 Å². The van der Waals surface area contributed by atoms with Crippen molar-refractivity contribution < 1.29 is 4.74 Å². The van der Waals surface area contributed by atoms with Gasteiger partial charge in [-0.25, -0.2) is 9.97 Å². The molecule has 0 saturated heterocycles. The Morgan fingerprint density at radius 3 is 2.44 bits per heavy atom. The standard InChI is InChI=1S/C11H20N4O/c1-11(2,3)16-9-7-14-10(15-8-9)13-6-4-5-12/h7-8H,4-6,12H2,1-3H3,(H,13,14,15). The molecule has 90 valence electrons. The van der Waals surface area contributed by atoms with Crippen molar-refractivity contribution in [3.05, 3.63) is 12.4 Å². The average Bonchev–Trinajstić information content (AvgIpc) is 2.19. The molecule has 0 atom stereocenters. The maximum Gasteiger partial charge on any atom is 0.222 e. The van der Waals surface area contributed by atoms with Crippen molar-refractivity contribution >= 4 is 5.95 Å². The summed E-state index contributed by atoms with van der Waals surface area (Å²) in [4.78, 5) is 8.29. The molecular formula is C11H20N4O. The zero-order valence-corrected chi connectivity index (χ0v) is 10.2. The normalized spacial score (nSPS) is 11.2. The van der Waals surface area contributed by atoms with Gasteiger partial charge in [-0.3, -0.25) is 0 Å². The molecule has 0 spiro atoms. The van der Waals surface area contributed by atoms with Gasteiger partial charge < -0.3 is 15.8 Å². The molecule has 0 fully saturated rings. The highest BCUT2D eigenvalue weighted by molar-refractivity contribution is 5.27. The van der Waals surface area contributed by atoms with Crippen LogP contribution in [0.15, 0.2) is 12.4 Å². The summed E-state index contributed by atoms with van der Waals surface area (Å²) >= 11 is 0. The number of anilines is 1. The molecule has 16 heavy (non-hydrogen) atoms. The first-order chi connectivity index (χ1) is 7.51. The predicted octanol–water partition coefficient (Wildman–Crippen LogP) is 1.41. The van der Waals surface area contributed by atoms with Crippen LogP contribution in [0.2, 0.25) is 0 Å². The van der Waals surface area contributed by atoms with E-state index < -0.39 is 0 Å². The predicted molar refractivity (Wildman–Crippen MR) is 64.6 cm³/mol. The molecular weight excluding hydrogens is 204 g/mol. The minimum Gasteiger partial charge on any atom is -0.485 e. The molecule has 0 unspecified atom stereocenters. The quantitative estimate of drug-likeness (QED) is 0.740. The molecule has 0 aliphatic carbocycles. The van der Waals surface area contributed by atoms with Gasteiger partial charge in [0.15, 0.2) is 5.75 Å². The molecule has 0 aliphatic rings. The minimum atomic E-state index is -0.224. The fourth-order valence-electron chi connectivity index (χ4n) is 1.12. The molecule has 0 radical (unpaired) electrons. The first-order valence-corrected chi connectivity index (χ1v) is 5.46. The first kappa shape index (κ1) is 12.7. The van der Waals surface area contributed by atoms with Crippen molar-refractivity contribution in [3.8, 4) is 5.75 Å².